The largest absolute Gasteiger partial charge is 0.383 e. The van der Waals surface area contributed by atoms with E-state index in [4.69, 9.17) is 5.73 Å². The van der Waals surface area contributed by atoms with Gasteiger partial charge in [-0.3, -0.25) is 0 Å². The van der Waals surface area contributed by atoms with Crippen molar-refractivity contribution in [1.82, 2.24) is 15.0 Å². The second-order valence-corrected chi connectivity index (χ2v) is 9.57. The van der Waals surface area contributed by atoms with E-state index >= 15 is 0 Å². The van der Waals surface area contributed by atoms with Crippen LogP contribution in [0.4, 0.5) is 30.6 Å². The summed E-state index contributed by atoms with van der Waals surface area (Å²) in [5.41, 5.74) is 7.68. The fourth-order valence-corrected chi connectivity index (χ4v) is 4.69. The lowest BCUT2D eigenvalue weighted by Gasteiger charge is -2.28. The van der Waals surface area contributed by atoms with Gasteiger partial charge < -0.3 is 16.4 Å². The Balaban J connectivity index is 1.17. The van der Waals surface area contributed by atoms with Gasteiger partial charge in [0.1, 0.15) is 23.8 Å². The summed E-state index contributed by atoms with van der Waals surface area (Å²) in [7, 11) is 0. The van der Waals surface area contributed by atoms with E-state index in [0.29, 0.717) is 49.0 Å². The maximum atomic E-state index is 14.7. The minimum atomic E-state index is -2.53. The molecule has 2 aromatic heterocycles. The zero-order valence-electron chi connectivity index (χ0n) is 18.0. The first-order chi connectivity index (χ1) is 15.4. The van der Waals surface area contributed by atoms with Crippen LogP contribution in [0.5, 0.6) is 0 Å². The summed E-state index contributed by atoms with van der Waals surface area (Å²) in [6.07, 6.45) is 6.08. The molecular formula is C23H29F3N6. The summed E-state index contributed by atoms with van der Waals surface area (Å²) in [4.78, 5) is 12.6. The number of halogens is 3. The van der Waals surface area contributed by atoms with Gasteiger partial charge in [-0.1, -0.05) is 6.07 Å². The van der Waals surface area contributed by atoms with Crippen molar-refractivity contribution in [3.63, 3.8) is 0 Å². The monoisotopic (exact) mass is 446 g/mol. The van der Waals surface area contributed by atoms with Crippen LogP contribution in [0.3, 0.4) is 0 Å². The molecule has 0 bridgehead atoms. The maximum absolute atomic E-state index is 14.7. The van der Waals surface area contributed by atoms with Crippen LogP contribution in [0.2, 0.25) is 0 Å². The molecule has 32 heavy (non-hydrogen) atoms. The molecule has 172 valence electrons. The maximum Gasteiger partial charge on any atom is 0.248 e. The van der Waals surface area contributed by atoms with Crippen molar-refractivity contribution < 1.29 is 13.2 Å². The summed E-state index contributed by atoms with van der Waals surface area (Å²) < 4.78 is 41.2. The number of alkyl halides is 2. The van der Waals surface area contributed by atoms with Crippen LogP contribution in [-0.4, -0.2) is 33.5 Å². The van der Waals surface area contributed by atoms with Crippen molar-refractivity contribution in [2.75, 3.05) is 22.9 Å². The van der Waals surface area contributed by atoms with Crippen molar-refractivity contribution in [3.8, 4) is 0 Å². The molecule has 0 saturated heterocycles. The first-order valence-corrected chi connectivity index (χ1v) is 11.5. The number of nitrogens with two attached hydrogens (primary N) is 1. The van der Waals surface area contributed by atoms with E-state index in [0.717, 1.165) is 30.6 Å². The van der Waals surface area contributed by atoms with Gasteiger partial charge in [-0.2, -0.15) is 4.39 Å². The normalized spacial score (nSPS) is 24.8. The van der Waals surface area contributed by atoms with Crippen LogP contribution in [0.25, 0.3) is 0 Å². The summed E-state index contributed by atoms with van der Waals surface area (Å²) in [6, 6.07) is 4.00. The molecule has 6 nitrogen and oxygen atoms in total. The predicted molar refractivity (Wildman–Crippen MR) is 117 cm³/mol. The number of rotatable bonds is 8. The van der Waals surface area contributed by atoms with Gasteiger partial charge in [0, 0.05) is 36.6 Å². The molecule has 2 aromatic rings. The Morgan fingerprint density at radius 3 is 2.59 bits per heavy atom. The standard InChI is InChI=1S/C23H29F3N6/c24-20-14(1-4-18(32-20)28-11-13-5-7-23(25,26)8-6-13)9-15-10-17(15)19-21(27)29-12-30-22(19)31-16-2-3-16/h1,4,12-13,15-17H,2-3,5-11H2,(H,28,32)(H3,27,29,30,31). The Kier molecular flexibility index (Phi) is 5.59. The molecule has 5 rings (SSSR count). The molecule has 3 saturated carbocycles. The lowest BCUT2D eigenvalue weighted by Crippen LogP contribution is -2.28. The molecular weight excluding hydrogens is 417 g/mol. The molecule has 3 aliphatic rings. The SMILES string of the molecule is Nc1ncnc(NC2CC2)c1C1CC1Cc1ccc(NCC2CCC(F)(F)CC2)nc1F. The highest BCUT2D eigenvalue weighted by Gasteiger charge is 2.42. The smallest absolute Gasteiger partial charge is 0.248 e. The van der Waals surface area contributed by atoms with Crippen molar-refractivity contribution in [2.24, 2.45) is 11.8 Å². The third-order valence-corrected chi connectivity index (χ3v) is 6.94. The summed E-state index contributed by atoms with van der Waals surface area (Å²) in [5.74, 6) is -0.587. The first-order valence-electron chi connectivity index (χ1n) is 11.5. The van der Waals surface area contributed by atoms with Gasteiger partial charge >= 0.3 is 0 Å². The number of anilines is 3. The number of nitrogen functional groups attached to an aromatic ring is 1. The van der Waals surface area contributed by atoms with Crippen molar-refractivity contribution in [2.45, 2.75) is 69.2 Å². The molecule has 3 fully saturated rings. The van der Waals surface area contributed by atoms with E-state index in [1.165, 1.54) is 6.33 Å². The number of nitrogens with one attached hydrogen (secondary N) is 2. The van der Waals surface area contributed by atoms with Gasteiger partial charge in [0.25, 0.3) is 0 Å². The van der Waals surface area contributed by atoms with Gasteiger partial charge in [0.2, 0.25) is 11.9 Å². The lowest BCUT2D eigenvalue weighted by atomic mass is 9.87. The number of aromatic nitrogens is 3. The Labute approximate surface area is 185 Å². The fourth-order valence-electron chi connectivity index (χ4n) is 4.69. The Hall–Kier alpha value is -2.58. The molecule has 0 radical (unpaired) electrons. The van der Waals surface area contributed by atoms with E-state index in [2.05, 4.69) is 25.6 Å². The van der Waals surface area contributed by atoms with Crippen molar-refractivity contribution >= 4 is 17.5 Å². The highest BCUT2D eigenvalue weighted by Crippen LogP contribution is 2.53. The predicted octanol–water partition coefficient (Wildman–Crippen LogP) is 4.75. The number of hydrogen-bond donors (Lipinski definition) is 3. The number of nitrogens with zero attached hydrogens (tertiary/aromatic N) is 3. The summed E-state index contributed by atoms with van der Waals surface area (Å²) in [5, 5.41) is 6.54. The molecule has 0 amide bonds. The third-order valence-electron chi connectivity index (χ3n) is 6.94. The molecule has 0 aliphatic heterocycles. The van der Waals surface area contributed by atoms with E-state index < -0.39 is 11.9 Å². The van der Waals surface area contributed by atoms with Crippen LogP contribution in [-0.2, 0) is 6.42 Å². The Bertz CT molecular complexity index is 970. The molecule has 3 aliphatic carbocycles. The Morgan fingerprint density at radius 1 is 1.09 bits per heavy atom. The van der Waals surface area contributed by atoms with Gasteiger partial charge in [0.05, 0.1) is 0 Å². The average molecular weight is 447 g/mol. The lowest BCUT2D eigenvalue weighted by molar-refractivity contribution is -0.0443. The molecule has 0 aromatic carbocycles. The topological polar surface area (TPSA) is 88.8 Å². The molecule has 2 heterocycles. The quantitative estimate of drug-likeness (QED) is 0.507. The van der Waals surface area contributed by atoms with Gasteiger partial charge in [-0.15, -0.1) is 0 Å². The number of pyridine rings is 1. The third kappa shape index (κ3) is 4.91. The minimum absolute atomic E-state index is 0.0719. The molecule has 4 N–H and O–H groups in total. The minimum Gasteiger partial charge on any atom is -0.383 e. The van der Waals surface area contributed by atoms with Crippen LogP contribution < -0.4 is 16.4 Å². The van der Waals surface area contributed by atoms with E-state index in [9.17, 15) is 13.2 Å². The van der Waals surface area contributed by atoms with Gasteiger partial charge in [-0.05, 0) is 62.3 Å². The van der Waals surface area contributed by atoms with Crippen LogP contribution in [0.15, 0.2) is 18.5 Å². The van der Waals surface area contributed by atoms with Crippen LogP contribution in [0.1, 0.15) is 62.0 Å². The van der Waals surface area contributed by atoms with Gasteiger partial charge in [0.15, 0.2) is 0 Å². The fraction of sp³-hybridized carbons (Fsp3) is 0.609. The molecule has 2 unspecified atom stereocenters. The zero-order chi connectivity index (χ0) is 22.3. The van der Waals surface area contributed by atoms with Gasteiger partial charge in [-0.25, -0.2) is 23.7 Å². The number of hydrogen-bond acceptors (Lipinski definition) is 6. The summed E-state index contributed by atoms with van der Waals surface area (Å²) in [6.45, 7) is 0.538. The van der Waals surface area contributed by atoms with Crippen molar-refractivity contribution in [1.29, 1.82) is 0 Å². The van der Waals surface area contributed by atoms with Crippen molar-refractivity contribution in [3.05, 3.63) is 35.5 Å². The zero-order valence-corrected chi connectivity index (χ0v) is 18.0. The molecule has 9 heteroatoms. The summed E-state index contributed by atoms with van der Waals surface area (Å²) >= 11 is 0. The highest BCUT2D eigenvalue weighted by molar-refractivity contribution is 5.59. The molecule has 0 spiro atoms. The Morgan fingerprint density at radius 2 is 1.88 bits per heavy atom. The van der Waals surface area contributed by atoms with Crippen LogP contribution >= 0.6 is 0 Å². The molecule has 2 atom stereocenters. The second kappa shape index (κ2) is 8.41. The van der Waals surface area contributed by atoms with E-state index in [-0.39, 0.29) is 30.6 Å². The average Bonchev–Trinajstić information content (AvgIpc) is 3.67. The van der Waals surface area contributed by atoms with E-state index in [1.807, 2.05) is 0 Å². The highest BCUT2D eigenvalue weighted by atomic mass is 19.3. The van der Waals surface area contributed by atoms with Crippen LogP contribution in [0, 0.1) is 17.8 Å². The van der Waals surface area contributed by atoms with E-state index in [1.54, 1.807) is 12.1 Å². The second-order valence-electron chi connectivity index (χ2n) is 9.57. The first kappa shape index (κ1) is 21.3.